The summed E-state index contributed by atoms with van der Waals surface area (Å²) in [6.45, 7) is 11.2. The molecule has 0 aliphatic carbocycles. The minimum atomic E-state index is -0.213. The highest BCUT2D eigenvalue weighted by Crippen LogP contribution is 2.34. The highest BCUT2D eigenvalue weighted by Gasteiger charge is 2.29. The molecule has 2 aliphatic rings. The highest BCUT2D eigenvalue weighted by molar-refractivity contribution is 6.01. The summed E-state index contributed by atoms with van der Waals surface area (Å²) < 4.78 is 5.96. The second-order valence-corrected chi connectivity index (χ2v) is 7.71. The van der Waals surface area contributed by atoms with Gasteiger partial charge in [-0.2, -0.15) is 0 Å². The van der Waals surface area contributed by atoms with Gasteiger partial charge in [0.2, 0.25) is 0 Å². The maximum Gasteiger partial charge on any atom is 0.179 e. The number of fused-ring (bicyclic) bond motifs is 1. The molecule has 2 unspecified atom stereocenters. The van der Waals surface area contributed by atoms with Gasteiger partial charge in [-0.05, 0) is 64.3 Å². The van der Waals surface area contributed by atoms with E-state index in [4.69, 9.17) is 4.74 Å². The van der Waals surface area contributed by atoms with Crippen molar-refractivity contribution < 1.29 is 9.53 Å². The number of ketones is 1. The number of piperidine rings is 1. The number of nitrogens with zero attached hydrogens (tertiary/aromatic N) is 1. The van der Waals surface area contributed by atoms with Crippen LogP contribution in [0.3, 0.4) is 0 Å². The predicted octanol–water partition coefficient (Wildman–Crippen LogP) is 3.57. The quantitative estimate of drug-likeness (QED) is 0.866. The number of hydrogen-bond donors (Lipinski definition) is 1. The van der Waals surface area contributed by atoms with Crippen LogP contribution in [0.25, 0.3) is 0 Å². The van der Waals surface area contributed by atoms with E-state index in [0.717, 1.165) is 36.6 Å². The lowest BCUT2D eigenvalue weighted by molar-refractivity contribution is 0.0764. The summed E-state index contributed by atoms with van der Waals surface area (Å²) >= 11 is 0. The maximum absolute atomic E-state index is 12.9. The molecule has 0 radical (unpaired) electrons. The van der Waals surface area contributed by atoms with Crippen molar-refractivity contribution in [2.45, 2.75) is 52.2 Å². The normalized spacial score (nSPS) is 25.0. The number of anilines is 1. The maximum atomic E-state index is 12.9. The third kappa shape index (κ3) is 3.52. The monoisotopic (exact) mass is 316 g/mol. The van der Waals surface area contributed by atoms with Crippen molar-refractivity contribution in [1.82, 2.24) is 4.90 Å². The molecule has 1 aromatic carbocycles. The highest BCUT2D eigenvalue weighted by atomic mass is 16.5. The molecular weight excluding hydrogens is 288 g/mol. The zero-order valence-corrected chi connectivity index (χ0v) is 14.7. The number of carbonyl (C=O) groups excluding carboxylic acids is 1. The fourth-order valence-corrected chi connectivity index (χ4v) is 3.54. The van der Waals surface area contributed by atoms with Crippen LogP contribution in [-0.4, -0.2) is 42.0 Å². The first-order valence-corrected chi connectivity index (χ1v) is 8.71. The second-order valence-electron chi connectivity index (χ2n) is 7.71. The van der Waals surface area contributed by atoms with Crippen LogP contribution < -0.4 is 10.1 Å². The lowest BCUT2D eigenvalue weighted by Crippen LogP contribution is -2.44. The number of benzene rings is 1. The summed E-state index contributed by atoms with van der Waals surface area (Å²) in [6, 6.07) is 5.70. The van der Waals surface area contributed by atoms with Gasteiger partial charge in [0, 0.05) is 12.1 Å². The molecule has 4 heteroatoms. The van der Waals surface area contributed by atoms with Crippen molar-refractivity contribution in [1.29, 1.82) is 0 Å². The SMILES string of the molecule is CC1CCCN(C(C)C(=O)c2ccc3c(c2)NCC(C)(C)O3)C1. The third-order valence-corrected chi connectivity index (χ3v) is 4.97. The molecule has 0 amide bonds. The summed E-state index contributed by atoms with van der Waals surface area (Å²) in [5, 5.41) is 3.38. The van der Waals surface area contributed by atoms with Crippen molar-refractivity contribution in [2.24, 2.45) is 5.92 Å². The Morgan fingerprint density at radius 1 is 1.43 bits per heavy atom. The average molecular weight is 316 g/mol. The Kier molecular flexibility index (Phi) is 4.37. The van der Waals surface area contributed by atoms with Crippen LogP contribution in [0.5, 0.6) is 5.75 Å². The lowest BCUT2D eigenvalue weighted by atomic mass is 9.96. The second kappa shape index (κ2) is 6.16. The van der Waals surface area contributed by atoms with Crippen LogP contribution in [0, 0.1) is 5.92 Å². The first-order valence-electron chi connectivity index (χ1n) is 8.71. The molecule has 23 heavy (non-hydrogen) atoms. The number of nitrogens with one attached hydrogen (secondary N) is 1. The molecular formula is C19H28N2O2. The molecule has 1 N–H and O–H groups in total. The van der Waals surface area contributed by atoms with Crippen molar-refractivity contribution in [3.05, 3.63) is 23.8 Å². The van der Waals surface area contributed by atoms with Gasteiger partial charge in [0.15, 0.2) is 5.78 Å². The van der Waals surface area contributed by atoms with E-state index in [2.05, 4.69) is 31.0 Å². The smallest absolute Gasteiger partial charge is 0.179 e. The van der Waals surface area contributed by atoms with Gasteiger partial charge in [-0.1, -0.05) is 6.92 Å². The Balaban J connectivity index is 1.75. The topological polar surface area (TPSA) is 41.6 Å². The van der Waals surface area contributed by atoms with Gasteiger partial charge in [-0.3, -0.25) is 9.69 Å². The van der Waals surface area contributed by atoms with E-state index < -0.39 is 0 Å². The first-order chi connectivity index (χ1) is 10.9. The summed E-state index contributed by atoms with van der Waals surface area (Å²) in [4.78, 5) is 15.2. The molecule has 2 heterocycles. The van der Waals surface area contributed by atoms with Crippen LogP contribution >= 0.6 is 0 Å². The standard InChI is InChI=1S/C19H28N2O2/c1-13-6-5-9-21(11-13)14(2)18(22)15-7-8-17-16(10-15)20-12-19(3,4)23-17/h7-8,10,13-14,20H,5-6,9,11-12H2,1-4H3. The van der Waals surface area contributed by atoms with Gasteiger partial charge in [0.25, 0.3) is 0 Å². The van der Waals surface area contributed by atoms with E-state index in [9.17, 15) is 4.79 Å². The molecule has 1 aromatic rings. The van der Waals surface area contributed by atoms with Crippen LogP contribution in [0.4, 0.5) is 5.69 Å². The number of ether oxygens (including phenoxy) is 1. The zero-order chi connectivity index (χ0) is 16.6. The Morgan fingerprint density at radius 2 is 2.22 bits per heavy atom. The van der Waals surface area contributed by atoms with Gasteiger partial charge in [0.05, 0.1) is 18.3 Å². The third-order valence-electron chi connectivity index (χ3n) is 4.97. The minimum Gasteiger partial charge on any atom is -0.484 e. The molecule has 4 nitrogen and oxygen atoms in total. The van der Waals surface area contributed by atoms with Crippen LogP contribution in [0.1, 0.15) is 50.9 Å². The molecule has 2 aliphatic heterocycles. The van der Waals surface area contributed by atoms with E-state index in [1.165, 1.54) is 12.8 Å². The molecule has 1 saturated heterocycles. The molecule has 0 aromatic heterocycles. The number of carbonyl (C=O) groups is 1. The number of Topliss-reactive ketones (excluding diaryl/α,β-unsaturated/α-hetero) is 1. The van der Waals surface area contributed by atoms with Crippen LogP contribution in [-0.2, 0) is 0 Å². The van der Waals surface area contributed by atoms with Gasteiger partial charge in [0.1, 0.15) is 11.4 Å². The Labute approximate surface area is 139 Å². The molecule has 126 valence electrons. The molecule has 1 fully saturated rings. The summed E-state index contributed by atoms with van der Waals surface area (Å²) in [5.74, 6) is 1.71. The van der Waals surface area contributed by atoms with Crippen LogP contribution in [0.15, 0.2) is 18.2 Å². The van der Waals surface area contributed by atoms with Gasteiger partial charge < -0.3 is 10.1 Å². The largest absolute Gasteiger partial charge is 0.484 e. The predicted molar refractivity (Wildman–Crippen MR) is 93.4 cm³/mol. The van der Waals surface area contributed by atoms with Crippen molar-refractivity contribution in [3.8, 4) is 5.75 Å². The Morgan fingerprint density at radius 3 is 2.96 bits per heavy atom. The zero-order valence-electron chi connectivity index (χ0n) is 14.7. The summed E-state index contributed by atoms with van der Waals surface area (Å²) in [7, 11) is 0. The molecule has 3 rings (SSSR count). The summed E-state index contributed by atoms with van der Waals surface area (Å²) in [5.41, 5.74) is 1.48. The molecule has 0 saturated carbocycles. The Bertz CT molecular complexity index is 597. The minimum absolute atomic E-state index is 0.0586. The molecule has 0 bridgehead atoms. The van der Waals surface area contributed by atoms with E-state index in [1.807, 2.05) is 25.1 Å². The molecule has 0 spiro atoms. The van der Waals surface area contributed by atoms with E-state index in [-0.39, 0.29) is 17.4 Å². The van der Waals surface area contributed by atoms with E-state index >= 15 is 0 Å². The van der Waals surface area contributed by atoms with E-state index in [0.29, 0.717) is 5.92 Å². The fourth-order valence-electron chi connectivity index (χ4n) is 3.54. The molecule has 2 atom stereocenters. The van der Waals surface area contributed by atoms with Crippen LogP contribution in [0.2, 0.25) is 0 Å². The van der Waals surface area contributed by atoms with E-state index in [1.54, 1.807) is 0 Å². The number of likely N-dealkylation sites (tertiary alicyclic amines) is 1. The van der Waals surface area contributed by atoms with Crippen molar-refractivity contribution in [3.63, 3.8) is 0 Å². The average Bonchev–Trinajstić information content (AvgIpc) is 2.52. The number of rotatable bonds is 3. The first kappa shape index (κ1) is 16.3. The van der Waals surface area contributed by atoms with Gasteiger partial charge in [-0.15, -0.1) is 0 Å². The number of hydrogen-bond acceptors (Lipinski definition) is 4. The van der Waals surface area contributed by atoms with Crippen molar-refractivity contribution >= 4 is 11.5 Å². The fraction of sp³-hybridized carbons (Fsp3) is 0.632. The van der Waals surface area contributed by atoms with Gasteiger partial charge in [-0.25, -0.2) is 0 Å². The summed E-state index contributed by atoms with van der Waals surface area (Å²) in [6.07, 6.45) is 2.46. The Hall–Kier alpha value is -1.55. The van der Waals surface area contributed by atoms with Gasteiger partial charge >= 0.3 is 0 Å². The lowest BCUT2D eigenvalue weighted by Gasteiger charge is -2.35. The van der Waals surface area contributed by atoms with Crippen molar-refractivity contribution in [2.75, 3.05) is 25.0 Å².